The number of aryl methyl sites for hydroxylation is 2. The van der Waals surface area contributed by atoms with Crippen LogP contribution >= 0.6 is 11.8 Å². The van der Waals surface area contributed by atoms with E-state index >= 15 is 0 Å². The Bertz CT molecular complexity index is 941. The highest BCUT2D eigenvalue weighted by atomic mass is 32.2. The van der Waals surface area contributed by atoms with E-state index in [1.807, 2.05) is 28.5 Å². The molecule has 27 heavy (non-hydrogen) atoms. The molecule has 0 bridgehead atoms. The number of hydrogen-bond acceptors (Lipinski definition) is 6. The summed E-state index contributed by atoms with van der Waals surface area (Å²) in [6.07, 6.45) is 3.56. The van der Waals surface area contributed by atoms with Crippen LogP contribution in [0.25, 0.3) is 5.69 Å². The van der Waals surface area contributed by atoms with Crippen LogP contribution in [0.1, 0.15) is 40.6 Å². The predicted octanol–water partition coefficient (Wildman–Crippen LogP) is 3.40. The zero-order valence-electron chi connectivity index (χ0n) is 15.4. The van der Waals surface area contributed by atoms with Crippen LogP contribution < -0.4 is 0 Å². The van der Waals surface area contributed by atoms with Crippen molar-refractivity contribution in [2.45, 2.75) is 37.6 Å². The number of carbonyl (C=O) groups excluding carboxylic acids is 1. The topological polar surface area (TPSA) is 77.1 Å². The molecule has 1 fully saturated rings. The van der Waals surface area contributed by atoms with Crippen LogP contribution in [0.5, 0.6) is 0 Å². The molecule has 0 saturated carbocycles. The van der Waals surface area contributed by atoms with Gasteiger partial charge in [-0.05, 0) is 38.8 Å². The molecule has 1 aliphatic heterocycles. The lowest BCUT2D eigenvalue weighted by Crippen LogP contribution is -2.27. The zero-order valence-corrected chi connectivity index (χ0v) is 16.2. The van der Waals surface area contributed by atoms with Gasteiger partial charge in [0.1, 0.15) is 12.1 Å². The summed E-state index contributed by atoms with van der Waals surface area (Å²) in [6.45, 7) is 5.58. The maximum absolute atomic E-state index is 12.4. The van der Waals surface area contributed by atoms with Gasteiger partial charge in [0.25, 0.3) is 5.91 Å². The number of benzene rings is 1. The molecule has 7 nitrogen and oxygen atoms in total. The van der Waals surface area contributed by atoms with Gasteiger partial charge in [0.2, 0.25) is 5.89 Å². The molecule has 0 unspecified atom stereocenters. The highest BCUT2D eigenvalue weighted by Crippen LogP contribution is 2.25. The molecule has 4 rings (SSSR count). The maximum Gasteiger partial charge on any atom is 0.275 e. The van der Waals surface area contributed by atoms with E-state index in [4.69, 9.17) is 4.42 Å². The zero-order chi connectivity index (χ0) is 18.8. The third-order valence-electron chi connectivity index (χ3n) is 4.58. The number of hydrogen-bond donors (Lipinski definition) is 0. The van der Waals surface area contributed by atoms with Crippen LogP contribution in [-0.4, -0.2) is 43.6 Å². The molecule has 0 atom stereocenters. The molecule has 3 aromatic rings. The number of oxazole rings is 1. The Morgan fingerprint density at radius 2 is 1.89 bits per heavy atom. The van der Waals surface area contributed by atoms with Crippen molar-refractivity contribution in [3.8, 4) is 5.69 Å². The lowest BCUT2D eigenvalue weighted by Gasteiger charge is -2.12. The van der Waals surface area contributed by atoms with Gasteiger partial charge in [0, 0.05) is 18.8 Å². The van der Waals surface area contributed by atoms with Gasteiger partial charge in [-0.2, -0.15) is 0 Å². The summed E-state index contributed by atoms with van der Waals surface area (Å²) in [5.41, 5.74) is 2.60. The highest BCUT2D eigenvalue weighted by Gasteiger charge is 2.22. The molecular weight excluding hydrogens is 362 g/mol. The number of rotatable bonds is 5. The largest absolute Gasteiger partial charge is 0.447 e. The number of likely N-dealkylation sites (tertiary alicyclic amines) is 1. The van der Waals surface area contributed by atoms with Crippen LogP contribution in [0.2, 0.25) is 0 Å². The van der Waals surface area contributed by atoms with E-state index in [1.165, 1.54) is 23.6 Å². The minimum atomic E-state index is -0.0498. The third kappa shape index (κ3) is 3.75. The molecule has 1 amide bonds. The Hall–Kier alpha value is -2.61. The first-order valence-electron chi connectivity index (χ1n) is 8.97. The first kappa shape index (κ1) is 17.8. The monoisotopic (exact) mass is 383 g/mol. The van der Waals surface area contributed by atoms with Crippen molar-refractivity contribution < 1.29 is 9.21 Å². The van der Waals surface area contributed by atoms with Crippen molar-refractivity contribution in [1.82, 2.24) is 24.6 Å². The smallest absolute Gasteiger partial charge is 0.275 e. The Balaban J connectivity index is 1.47. The van der Waals surface area contributed by atoms with Crippen molar-refractivity contribution >= 4 is 17.7 Å². The molecule has 1 saturated heterocycles. The molecule has 0 aliphatic carbocycles. The standard InChI is InChI=1S/C19H21N5O2S/c1-13-5-7-15(8-6-13)24-14(2)21-22-19(24)27-12-17-20-16(11-26-17)18(25)23-9-3-4-10-23/h5-8,11H,3-4,9-10,12H2,1-2H3. The van der Waals surface area contributed by atoms with Gasteiger partial charge >= 0.3 is 0 Å². The molecule has 2 aromatic heterocycles. The molecule has 8 heteroatoms. The minimum Gasteiger partial charge on any atom is -0.447 e. The minimum absolute atomic E-state index is 0.0498. The molecule has 0 N–H and O–H groups in total. The second-order valence-corrected chi connectivity index (χ2v) is 7.56. The number of carbonyl (C=O) groups is 1. The molecule has 140 valence electrons. The molecule has 1 aliphatic rings. The fourth-order valence-corrected chi connectivity index (χ4v) is 3.96. The second kappa shape index (κ2) is 7.56. The fraction of sp³-hybridized carbons (Fsp3) is 0.368. The number of thioether (sulfide) groups is 1. The number of aromatic nitrogens is 4. The summed E-state index contributed by atoms with van der Waals surface area (Å²) >= 11 is 1.49. The normalized spacial score (nSPS) is 14.1. The second-order valence-electron chi connectivity index (χ2n) is 6.62. The van der Waals surface area contributed by atoms with Gasteiger partial charge in [-0.15, -0.1) is 10.2 Å². The first-order valence-corrected chi connectivity index (χ1v) is 9.96. The van der Waals surface area contributed by atoms with E-state index < -0.39 is 0 Å². The molecule has 1 aromatic carbocycles. The van der Waals surface area contributed by atoms with Crippen molar-refractivity contribution in [3.63, 3.8) is 0 Å². The molecular formula is C19H21N5O2S. The van der Waals surface area contributed by atoms with Crippen LogP contribution in [0, 0.1) is 13.8 Å². The average Bonchev–Trinajstić information content (AvgIpc) is 3.42. The summed E-state index contributed by atoms with van der Waals surface area (Å²) in [5.74, 6) is 1.76. The number of amides is 1. The summed E-state index contributed by atoms with van der Waals surface area (Å²) in [6, 6.07) is 8.22. The quantitative estimate of drug-likeness (QED) is 0.629. The maximum atomic E-state index is 12.4. The fourth-order valence-electron chi connectivity index (χ4n) is 3.11. The third-order valence-corrected chi connectivity index (χ3v) is 5.49. The Labute approximate surface area is 161 Å². The first-order chi connectivity index (χ1) is 13.1. The molecule has 0 radical (unpaired) electrons. The van der Waals surface area contributed by atoms with Crippen LogP contribution in [-0.2, 0) is 5.75 Å². The average molecular weight is 383 g/mol. The van der Waals surface area contributed by atoms with Crippen molar-refractivity contribution in [2.75, 3.05) is 13.1 Å². The van der Waals surface area contributed by atoms with Gasteiger partial charge in [0.05, 0.1) is 5.75 Å². The van der Waals surface area contributed by atoms with Crippen LogP contribution in [0.4, 0.5) is 0 Å². The van der Waals surface area contributed by atoms with E-state index in [-0.39, 0.29) is 5.91 Å². The number of nitrogens with zero attached hydrogens (tertiary/aromatic N) is 5. The van der Waals surface area contributed by atoms with Crippen molar-refractivity contribution in [2.24, 2.45) is 0 Å². The lowest BCUT2D eigenvalue weighted by atomic mass is 10.2. The van der Waals surface area contributed by atoms with E-state index in [1.54, 1.807) is 0 Å². The lowest BCUT2D eigenvalue weighted by molar-refractivity contribution is 0.0787. The van der Waals surface area contributed by atoms with Gasteiger partial charge in [-0.25, -0.2) is 4.98 Å². The van der Waals surface area contributed by atoms with E-state index in [0.29, 0.717) is 17.3 Å². The Morgan fingerprint density at radius 3 is 2.63 bits per heavy atom. The van der Waals surface area contributed by atoms with Gasteiger partial charge < -0.3 is 9.32 Å². The highest BCUT2D eigenvalue weighted by molar-refractivity contribution is 7.98. The summed E-state index contributed by atoms with van der Waals surface area (Å²) in [7, 11) is 0. The van der Waals surface area contributed by atoms with E-state index in [0.717, 1.165) is 42.6 Å². The van der Waals surface area contributed by atoms with Gasteiger partial charge in [0.15, 0.2) is 10.9 Å². The SMILES string of the molecule is Cc1ccc(-n2c(C)nnc2SCc2nc(C(=O)N3CCCC3)co2)cc1. The summed E-state index contributed by atoms with van der Waals surface area (Å²) in [5, 5.41) is 9.23. The predicted molar refractivity (Wildman–Crippen MR) is 102 cm³/mol. The van der Waals surface area contributed by atoms with E-state index in [2.05, 4.69) is 34.2 Å². The van der Waals surface area contributed by atoms with Gasteiger partial charge in [-0.3, -0.25) is 9.36 Å². The van der Waals surface area contributed by atoms with Crippen LogP contribution in [0.3, 0.4) is 0 Å². The Kier molecular flexibility index (Phi) is 4.98. The Morgan fingerprint density at radius 1 is 1.15 bits per heavy atom. The van der Waals surface area contributed by atoms with Crippen molar-refractivity contribution in [3.05, 3.63) is 53.5 Å². The molecule has 0 spiro atoms. The summed E-state index contributed by atoms with van der Waals surface area (Å²) in [4.78, 5) is 18.6. The van der Waals surface area contributed by atoms with E-state index in [9.17, 15) is 4.79 Å². The van der Waals surface area contributed by atoms with Crippen LogP contribution in [0.15, 0.2) is 40.1 Å². The van der Waals surface area contributed by atoms with Crippen molar-refractivity contribution in [1.29, 1.82) is 0 Å². The molecule has 3 heterocycles. The van der Waals surface area contributed by atoms with Gasteiger partial charge in [-0.1, -0.05) is 29.5 Å². The summed E-state index contributed by atoms with van der Waals surface area (Å²) < 4.78 is 7.50.